The number of aromatic nitrogens is 3. The summed E-state index contributed by atoms with van der Waals surface area (Å²) in [5.74, 6) is 0.724. The molecule has 4 aromatic rings. The van der Waals surface area contributed by atoms with Crippen LogP contribution in [0.3, 0.4) is 0 Å². The smallest absolute Gasteiger partial charge is 0.283 e. The maximum Gasteiger partial charge on any atom is 0.283 e. The third-order valence-electron chi connectivity index (χ3n) is 4.19. The summed E-state index contributed by atoms with van der Waals surface area (Å²) in [7, 11) is 0. The van der Waals surface area contributed by atoms with Gasteiger partial charge in [-0.2, -0.15) is 9.61 Å². The van der Waals surface area contributed by atoms with E-state index in [9.17, 15) is 4.79 Å². The fourth-order valence-corrected chi connectivity index (χ4v) is 3.85. The Morgan fingerprint density at radius 1 is 1.19 bits per heavy atom. The van der Waals surface area contributed by atoms with E-state index in [1.165, 1.54) is 15.9 Å². The van der Waals surface area contributed by atoms with Gasteiger partial charge in [-0.15, -0.1) is 0 Å². The molecule has 0 saturated carbocycles. The lowest BCUT2D eigenvalue weighted by atomic mass is 10.1. The fourth-order valence-electron chi connectivity index (χ4n) is 2.86. The van der Waals surface area contributed by atoms with Crippen molar-refractivity contribution in [3.05, 3.63) is 67.9 Å². The van der Waals surface area contributed by atoms with Crippen molar-refractivity contribution in [3.8, 4) is 5.75 Å². The van der Waals surface area contributed by atoms with Crippen LogP contribution >= 0.6 is 22.9 Å². The third kappa shape index (κ3) is 2.85. The molecule has 0 N–H and O–H groups in total. The molecule has 7 heteroatoms. The number of hydrogen-bond donors (Lipinski definition) is 0. The highest BCUT2D eigenvalue weighted by Gasteiger charge is 2.17. The maximum atomic E-state index is 12.6. The second-order valence-electron chi connectivity index (χ2n) is 6.20. The fraction of sp³-hybridized carbons (Fsp3) is 0.211. The lowest BCUT2D eigenvalue weighted by Gasteiger charge is -2.14. The van der Waals surface area contributed by atoms with Crippen LogP contribution in [-0.2, 0) is 0 Å². The number of ether oxygens (including phenoxy) is 1. The second kappa shape index (κ2) is 6.37. The maximum absolute atomic E-state index is 12.6. The third-order valence-corrected chi connectivity index (χ3v) is 5.85. The van der Waals surface area contributed by atoms with E-state index < -0.39 is 0 Å². The summed E-state index contributed by atoms with van der Waals surface area (Å²) < 4.78 is 7.38. The van der Waals surface area contributed by atoms with Gasteiger partial charge in [0, 0.05) is 5.02 Å². The van der Waals surface area contributed by atoms with Crippen molar-refractivity contribution < 1.29 is 4.74 Å². The van der Waals surface area contributed by atoms with Gasteiger partial charge in [-0.3, -0.25) is 4.79 Å². The van der Waals surface area contributed by atoms with Crippen LogP contribution in [-0.4, -0.2) is 14.6 Å². The molecule has 2 heterocycles. The Hall–Kier alpha value is -2.44. The Kier molecular flexibility index (Phi) is 4.17. The van der Waals surface area contributed by atoms with Crippen molar-refractivity contribution in [2.75, 3.05) is 0 Å². The van der Waals surface area contributed by atoms with Gasteiger partial charge in [0.2, 0.25) is 4.96 Å². The predicted octanol–water partition coefficient (Wildman–Crippen LogP) is 4.71. The van der Waals surface area contributed by atoms with Gasteiger partial charge in [-0.05, 0) is 56.2 Å². The van der Waals surface area contributed by atoms with Crippen molar-refractivity contribution in [1.82, 2.24) is 14.6 Å². The van der Waals surface area contributed by atoms with Crippen LogP contribution in [0.4, 0.5) is 0 Å². The molecule has 0 unspecified atom stereocenters. The zero-order chi connectivity index (χ0) is 18.4. The molecule has 0 aliphatic rings. The SMILES string of the molecule is Cc1cc(O[C@H](C)c2nn3c(=O)c4ccccc4nc3s2)cc(C)c1Cl. The Morgan fingerprint density at radius 2 is 1.88 bits per heavy atom. The van der Waals surface area contributed by atoms with Crippen LogP contribution in [0.25, 0.3) is 15.9 Å². The number of nitrogens with zero attached hydrogens (tertiary/aromatic N) is 3. The Labute approximate surface area is 158 Å². The van der Waals surface area contributed by atoms with Crippen molar-refractivity contribution in [1.29, 1.82) is 0 Å². The molecule has 0 radical (unpaired) electrons. The molecule has 0 aliphatic carbocycles. The highest BCUT2D eigenvalue weighted by molar-refractivity contribution is 7.16. The minimum absolute atomic E-state index is 0.168. The molecule has 4 rings (SSSR count). The molecular weight excluding hydrogens is 370 g/mol. The summed E-state index contributed by atoms with van der Waals surface area (Å²) in [5.41, 5.74) is 2.42. The van der Waals surface area contributed by atoms with Crippen LogP contribution < -0.4 is 10.3 Å². The zero-order valence-corrected chi connectivity index (χ0v) is 16.1. The molecule has 0 fully saturated rings. The van der Waals surface area contributed by atoms with Crippen LogP contribution in [0.2, 0.25) is 5.02 Å². The summed E-state index contributed by atoms with van der Waals surface area (Å²) in [4.78, 5) is 17.7. The van der Waals surface area contributed by atoms with Gasteiger partial charge < -0.3 is 4.74 Å². The quantitative estimate of drug-likeness (QED) is 0.512. The van der Waals surface area contributed by atoms with Crippen LogP contribution in [0.5, 0.6) is 5.75 Å². The normalized spacial score (nSPS) is 12.6. The predicted molar refractivity (Wildman–Crippen MR) is 105 cm³/mol. The molecular formula is C19H16ClN3O2S. The monoisotopic (exact) mass is 385 g/mol. The van der Waals surface area contributed by atoms with Crippen molar-refractivity contribution in [3.63, 3.8) is 0 Å². The molecule has 1 atom stereocenters. The average Bonchev–Trinajstić information content (AvgIpc) is 3.04. The van der Waals surface area contributed by atoms with Gasteiger partial charge in [0.1, 0.15) is 11.9 Å². The van der Waals surface area contributed by atoms with Crippen molar-refractivity contribution in [2.24, 2.45) is 0 Å². The molecule has 2 aromatic heterocycles. The number of aryl methyl sites for hydroxylation is 2. The highest BCUT2D eigenvalue weighted by atomic mass is 35.5. The summed E-state index contributed by atoms with van der Waals surface area (Å²) in [5, 5.41) is 6.42. The number of fused-ring (bicyclic) bond motifs is 2. The van der Waals surface area contributed by atoms with Crippen LogP contribution in [0.15, 0.2) is 41.2 Å². The molecule has 26 heavy (non-hydrogen) atoms. The number of para-hydroxylation sites is 1. The Bertz CT molecular complexity index is 1180. The lowest BCUT2D eigenvalue weighted by Crippen LogP contribution is -2.15. The molecule has 2 aromatic carbocycles. The lowest BCUT2D eigenvalue weighted by molar-refractivity contribution is 0.224. The van der Waals surface area contributed by atoms with E-state index in [1.807, 2.05) is 51.1 Å². The Balaban J connectivity index is 1.73. The molecule has 0 saturated heterocycles. The van der Waals surface area contributed by atoms with Crippen molar-refractivity contribution in [2.45, 2.75) is 26.9 Å². The first kappa shape index (κ1) is 17.0. The average molecular weight is 386 g/mol. The highest BCUT2D eigenvalue weighted by Crippen LogP contribution is 2.30. The first-order valence-corrected chi connectivity index (χ1v) is 9.35. The van der Waals surface area contributed by atoms with E-state index in [0.717, 1.165) is 21.9 Å². The first-order valence-electron chi connectivity index (χ1n) is 8.16. The topological polar surface area (TPSA) is 56.5 Å². The number of hydrogen-bond acceptors (Lipinski definition) is 5. The van der Waals surface area contributed by atoms with E-state index in [-0.39, 0.29) is 11.7 Å². The molecule has 0 spiro atoms. The molecule has 0 bridgehead atoms. The van der Waals surface area contributed by atoms with E-state index in [2.05, 4.69) is 10.1 Å². The molecule has 0 amide bonds. The summed E-state index contributed by atoms with van der Waals surface area (Å²) in [6, 6.07) is 11.1. The summed E-state index contributed by atoms with van der Waals surface area (Å²) in [6.45, 7) is 5.79. The van der Waals surface area contributed by atoms with E-state index >= 15 is 0 Å². The summed E-state index contributed by atoms with van der Waals surface area (Å²) in [6.07, 6.45) is -0.316. The van der Waals surface area contributed by atoms with Gasteiger partial charge in [0.25, 0.3) is 5.56 Å². The van der Waals surface area contributed by atoms with Gasteiger partial charge >= 0.3 is 0 Å². The van der Waals surface area contributed by atoms with E-state index in [0.29, 0.717) is 20.9 Å². The summed E-state index contributed by atoms with van der Waals surface area (Å²) >= 11 is 7.57. The molecule has 5 nitrogen and oxygen atoms in total. The minimum atomic E-state index is -0.316. The molecule has 0 aliphatic heterocycles. The largest absolute Gasteiger partial charge is 0.483 e. The Morgan fingerprint density at radius 3 is 2.62 bits per heavy atom. The van der Waals surface area contributed by atoms with Gasteiger partial charge in [0.15, 0.2) is 5.01 Å². The van der Waals surface area contributed by atoms with E-state index in [1.54, 1.807) is 6.07 Å². The minimum Gasteiger partial charge on any atom is -0.483 e. The number of benzene rings is 2. The van der Waals surface area contributed by atoms with E-state index in [4.69, 9.17) is 16.3 Å². The number of rotatable bonds is 3. The van der Waals surface area contributed by atoms with Crippen LogP contribution in [0.1, 0.15) is 29.2 Å². The van der Waals surface area contributed by atoms with Crippen LogP contribution in [0, 0.1) is 13.8 Å². The number of halogens is 1. The van der Waals surface area contributed by atoms with Crippen molar-refractivity contribution >= 4 is 38.8 Å². The van der Waals surface area contributed by atoms with Gasteiger partial charge in [-0.1, -0.05) is 35.1 Å². The molecule has 132 valence electrons. The van der Waals surface area contributed by atoms with Gasteiger partial charge in [0.05, 0.1) is 10.9 Å². The first-order chi connectivity index (χ1) is 12.4. The standard InChI is InChI=1S/C19H16ClN3O2S/c1-10-8-13(9-11(2)16(10)20)25-12(3)17-22-23-18(24)14-6-4-5-7-15(14)21-19(23)26-17/h4-9,12H,1-3H3/t12-/m1/s1. The zero-order valence-electron chi connectivity index (χ0n) is 14.5. The second-order valence-corrected chi connectivity index (χ2v) is 7.57. The van der Waals surface area contributed by atoms with Gasteiger partial charge in [-0.25, -0.2) is 4.98 Å².